The highest BCUT2D eigenvalue weighted by Gasteiger charge is 2.51. The molecule has 2 aliphatic rings. The van der Waals surface area contributed by atoms with Crippen molar-refractivity contribution in [1.82, 2.24) is 15.0 Å². The topological polar surface area (TPSA) is 71.1 Å². The first-order chi connectivity index (χ1) is 11.5. The Labute approximate surface area is 142 Å². The molecule has 1 aromatic rings. The number of amides is 3. The SMILES string of the molecule is BN1CCC2(CC1)NC(=O)N(Cc1cc(OC)cc(OC)c1)C2=O. The van der Waals surface area contributed by atoms with Gasteiger partial charge >= 0.3 is 6.03 Å². The number of hydrogen-bond acceptors (Lipinski definition) is 5. The van der Waals surface area contributed by atoms with Gasteiger partial charge in [-0.05, 0) is 43.6 Å². The minimum atomic E-state index is -0.744. The number of ether oxygens (including phenoxy) is 2. The molecule has 0 radical (unpaired) electrons. The number of hydrogen-bond donors (Lipinski definition) is 1. The highest BCUT2D eigenvalue weighted by Crippen LogP contribution is 2.31. The highest BCUT2D eigenvalue weighted by atomic mass is 16.5. The lowest BCUT2D eigenvalue weighted by atomic mass is 9.86. The minimum absolute atomic E-state index is 0.137. The molecule has 8 heteroatoms. The van der Waals surface area contributed by atoms with Gasteiger partial charge in [-0.15, -0.1) is 0 Å². The van der Waals surface area contributed by atoms with E-state index < -0.39 is 5.54 Å². The maximum Gasteiger partial charge on any atom is 0.325 e. The molecule has 0 aliphatic carbocycles. The lowest BCUT2D eigenvalue weighted by Gasteiger charge is -2.35. The Hall–Kier alpha value is -2.22. The molecule has 0 aromatic heterocycles. The summed E-state index contributed by atoms with van der Waals surface area (Å²) < 4.78 is 10.5. The highest BCUT2D eigenvalue weighted by molar-refractivity contribution is 6.08. The Bertz CT molecular complexity index is 636. The van der Waals surface area contributed by atoms with E-state index in [-0.39, 0.29) is 18.5 Å². The van der Waals surface area contributed by atoms with Crippen molar-refractivity contribution in [3.63, 3.8) is 0 Å². The van der Waals surface area contributed by atoms with E-state index in [9.17, 15) is 9.59 Å². The summed E-state index contributed by atoms with van der Waals surface area (Å²) in [6.07, 6.45) is 1.29. The van der Waals surface area contributed by atoms with Gasteiger partial charge in [-0.3, -0.25) is 9.69 Å². The number of piperidine rings is 1. The standard InChI is InChI=1S/C16H22BN3O4/c1-23-12-7-11(8-13(9-12)24-2)10-20-14(21)16(18-15(20)22)3-5-19(17)6-4-16/h7-9H,3-6,10,17H2,1-2H3,(H,18,22). The van der Waals surface area contributed by atoms with Crippen molar-refractivity contribution in [1.29, 1.82) is 0 Å². The van der Waals surface area contributed by atoms with E-state index in [4.69, 9.17) is 9.47 Å². The van der Waals surface area contributed by atoms with Crippen LogP contribution in [0, 0.1) is 0 Å². The Morgan fingerprint density at radius 1 is 1.12 bits per heavy atom. The van der Waals surface area contributed by atoms with Gasteiger partial charge in [-0.25, -0.2) is 4.79 Å². The van der Waals surface area contributed by atoms with E-state index >= 15 is 0 Å². The van der Waals surface area contributed by atoms with Crippen molar-refractivity contribution < 1.29 is 19.1 Å². The summed E-state index contributed by atoms with van der Waals surface area (Å²) >= 11 is 0. The monoisotopic (exact) mass is 331 g/mol. The van der Waals surface area contributed by atoms with Crippen LogP contribution in [0.2, 0.25) is 0 Å². The minimum Gasteiger partial charge on any atom is -0.497 e. The van der Waals surface area contributed by atoms with Crippen molar-refractivity contribution >= 4 is 19.9 Å². The van der Waals surface area contributed by atoms with Crippen molar-refractivity contribution in [2.45, 2.75) is 24.9 Å². The van der Waals surface area contributed by atoms with Crippen molar-refractivity contribution in [3.8, 4) is 11.5 Å². The number of nitrogens with zero attached hydrogens (tertiary/aromatic N) is 2. The molecule has 3 amide bonds. The second kappa shape index (κ2) is 6.35. The van der Waals surface area contributed by atoms with Crippen LogP contribution < -0.4 is 14.8 Å². The maximum atomic E-state index is 12.9. The molecule has 2 saturated heterocycles. The van der Waals surface area contributed by atoms with E-state index in [0.29, 0.717) is 24.3 Å². The van der Waals surface area contributed by atoms with E-state index in [1.54, 1.807) is 20.3 Å². The molecule has 2 aliphatic heterocycles. The number of urea groups is 1. The smallest absolute Gasteiger partial charge is 0.325 e. The fourth-order valence-electron chi connectivity index (χ4n) is 3.30. The lowest BCUT2D eigenvalue weighted by Crippen LogP contribution is -2.54. The van der Waals surface area contributed by atoms with Crippen LogP contribution in [0.3, 0.4) is 0 Å². The molecule has 3 rings (SSSR count). The molecule has 7 nitrogen and oxygen atoms in total. The Balaban J connectivity index is 1.80. The van der Waals surface area contributed by atoms with Crippen LogP contribution in [0.15, 0.2) is 18.2 Å². The first kappa shape index (κ1) is 16.6. The average Bonchev–Trinajstić information content (AvgIpc) is 2.81. The fourth-order valence-corrected chi connectivity index (χ4v) is 3.30. The van der Waals surface area contributed by atoms with Crippen LogP contribution in [0.25, 0.3) is 0 Å². The number of methoxy groups -OCH3 is 2. The largest absolute Gasteiger partial charge is 0.497 e. The van der Waals surface area contributed by atoms with E-state index in [2.05, 4.69) is 10.1 Å². The Kier molecular flexibility index (Phi) is 4.40. The molecule has 1 N–H and O–H groups in total. The van der Waals surface area contributed by atoms with Gasteiger partial charge in [0.25, 0.3) is 5.91 Å². The van der Waals surface area contributed by atoms with Crippen molar-refractivity contribution in [2.24, 2.45) is 0 Å². The first-order valence-corrected chi connectivity index (χ1v) is 8.02. The summed E-state index contributed by atoms with van der Waals surface area (Å²) in [7, 11) is 5.16. The number of carbonyl (C=O) groups is 2. The van der Waals surface area contributed by atoms with Gasteiger partial charge in [0.05, 0.1) is 20.8 Å². The van der Waals surface area contributed by atoms with Crippen LogP contribution in [-0.4, -0.2) is 62.5 Å². The molecule has 24 heavy (non-hydrogen) atoms. The molecule has 2 fully saturated rings. The quantitative estimate of drug-likeness (QED) is 0.628. The Morgan fingerprint density at radius 3 is 2.25 bits per heavy atom. The van der Waals surface area contributed by atoms with E-state index in [1.165, 1.54) is 4.90 Å². The average molecular weight is 331 g/mol. The zero-order valence-corrected chi connectivity index (χ0v) is 14.3. The van der Waals surface area contributed by atoms with E-state index in [1.807, 2.05) is 20.1 Å². The first-order valence-electron chi connectivity index (χ1n) is 8.02. The maximum absolute atomic E-state index is 12.9. The van der Waals surface area contributed by atoms with Crippen LogP contribution in [0.1, 0.15) is 18.4 Å². The van der Waals surface area contributed by atoms with Gasteiger partial charge in [0.1, 0.15) is 17.0 Å². The molecule has 1 spiro atoms. The number of rotatable bonds is 4. The summed E-state index contributed by atoms with van der Waals surface area (Å²) in [4.78, 5) is 28.7. The van der Waals surface area contributed by atoms with Crippen LogP contribution >= 0.6 is 0 Å². The van der Waals surface area contributed by atoms with Crippen LogP contribution in [0.4, 0.5) is 4.79 Å². The zero-order chi connectivity index (χ0) is 17.3. The molecule has 0 bridgehead atoms. The number of benzene rings is 1. The molecule has 1 aromatic carbocycles. The molecular formula is C16H22BN3O4. The Morgan fingerprint density at radius 2 is 1.71 bits per heavy atom. The second-order valence-electron chi connectivity index (χ2n) is 6.43. The van der Waals surface area contributed by atoms with Crippen LogP contribution in [-0.2, 0) is 11.3 Å². The molecule has 2 heterocycles. The summed E-state index contributed by atoms with van der Waals surface area (Å²) in [6, 6.07) is 5.05. The molecule has 0 atom stereocenters. The zero-order valence-electron chi connectivity index (χ0n) is 14.3. The van der Waals surface area contributed by atoms with Crippen LogP contribution in [0.5, 0.6) is 11.5 Å². The second-order valence-corrected chi connectivity index (χ2v) is 6.43. The van der Waals surface area contributed by atoms with Gasteiger partial charge in [0.2, 0.25) is 0 Å². The lowest BCUT2D eigenvalue weighted by molar-refractivity contribution is -0.133. The van der Waals surface area contributed by atoms with Gasteiger partial charge < -0.3 is 19.6 Å². The molecule has 0 unspecified atom stereocenters. The third kappa shape index (κ3) is 2.93. The summed E-state index contributed by atoms with van der Waals surface area (Å²) in [5.74, 6) is 1.12. The third-order valence-corrected chi connectivity index (χ3v) is 4.84. The van der Waals surface area contributed by atoms with E-state index in [0.717, 1.165) is 18.7 Å². The van der Waals surface area contributed by atoms with Crippen molar-refractivity contribution in [2.75, 3.05) is 27.3 Å². The predicted octanol–water partition coefficient (Wildman–Crippen LogP) is 0.138. The third-order valence-electron chi connectivity index (χ3n) is 4.84. The van der Waals surface area contributed by atoms with Gasteiger partial charge in [-0.1, -0.05) is 0 Å². The molecule has 0 saturated carbocycles. The normalized spacial score (nSPS) is 20.3. The number of carbonyl (C=O) groups excluding carboxylic acids is 2. The van der Waals surface area contributed by atoms with Crippen molar-refractivity contribution in [3.05, 3.63) is 23.8 Å². The molecular weight excluding hydrogens is 309 g/mol. The summed E-state index contributed by atoms with van der Waals surface area (Å²) in [5, 5.41) is 2.92. The van der Waals surface area contributed by atoms with Gasteiger partial charge in [0, 0.05) is 6.07 Å². The van der Waals surface area contributed by atoms with Gasteiger partial charge in [-0.2, -0.15) is 0 Å². The number of nitrogens with one attached hydrogen (secondary N) is 1. The fraction of sp³-hybridized carbons (Fsp3) is 0.500. The predicted molar refractivity (Wildman–Crippen MR) is 90.7 cm³/mol. The molecule has 128 valence electrons. The number of imide groups is 1. The summed E-state index contributed by atoms with van der Waals surface area (Å²) in [5.41, 5.74) is 0.0479. The summed E-state index contributed by atoms with van der Waals surface area (Å²) in [6.45, 7) is 1.80. The van der Waals surface area contributed by atoms with Gasteiger partial charge in [0.15, 0.2) is 7.98 Å².